The molecule has 3 saturated carbocycles. The SMILES string of the molecule is OCC12CC(COCOCc3ccccc3)(C1)C2. The molecule has 0 spiro atoms. The van der Waals surface area contributed by atoms with Crippen molar-refractivity contribution >= 4 is 0 Å². The minimum atomic E-state index is 0.272. The number of ether oxygens (including phenoxy) is 2. The summed E-state index contributed by atoms with van der Waals surface area (Å²) in [5.74, 6) is 0. The van der Waals surface area contributed by atoms with Crippen LogP contribution in [0.25, 0.3) is 0 Å². The van der Waals surface area contributed by atoms with E-state index in [1.54, 1.807) is 0 Å². The summed E-state index contributed by atoms with van der Waals surface area (Å²) in [4.78, 5) is 0. The largest absolute Gasteiger partial charge is 0.396 e. The standard InChI is InChI=1S/C15H20O3/c16-10-14-7-15(8-14,9-14)11-18-12-17-6-13-4-2-1-3-5-13/h1-5,16H,6-12H2. The third kappa shape index (κ3) is 2.18. The smallest absolute Gasteiger partial charge is 0.147 e. The Morgan fingerprint density at radius 2 is 1.72 bits per heavy atom. The monoisotopic (exact) mass is 248 g/mol. The van der Waals surface area contributed by atoms with Gasteiger partial charge >= 0.3 is 0 Å². The molecular weight excluding hydrogens is 228 g/mol. The molecule has 0 heterocycles. The molecule has 4 rings (SSSR count). The van der Waals surface area contributed by atoms with Gasteiger partial charge in [-0.05, 0) is 35.7 Å². The summed E-state index contributed by atoms with van der Waals surface area (Å²) >= 11 is 0. The highest BCUT2D eigenvalue weighted by Gasteiger charge is 2.67. The molecule has 3 heteroatoms. The molecule has 0 atom stereocenters. The third-order valence-electron chi connectivity index (χ3n) is 4.27. The average Bonchev–Trinajstić information content (AvgIpc) is 2.31. The van der Waals surface area contributed by atoms with Crippen molar-refractivity contribution in [2.45, 2.75) is 25.9 Å². The Morgan fingerprint density at radius 3 is 2.39 bits per heavy atom. The van der Waals surface area contributed by atoms with E-state index in [-0.39, 0.29) is 5.41 Å². The summed E-state index contributed by atoms with van der Waals surface area (Å²) in [5, 5.41) is 9.17. The maximum Gasteiger partial charge on any atom is 0.147 e. The van der Waals surface area contributed by atoms with Crippen LogP contribution >= 0.6 is 0 Å². The number of hydrogen-bond donors (Lipinski definition) is 1. The summed E-state index contributed by atoms with van der Waals surface area (Å²) in [6.07, 6.45) is 3.40. The van der Waals surface area contributed by atoms with Crippen LogP contribution in [-0.2, 0) is 16.1 Å². The molecular formula is C15H20O3. The molecule has 0 aromatic heterocycles. The normalized spacial score (nSPS) is 32.7. The molecule has 98 valence electrons. The van der Waals surface area contributed by atoms with E-state index in [1.165, 1.54) is 5.56 Å². The van der Waals surface area contributed by atoms with Crippen molar-refractivity contribution in [3.05, 3.63) is 35.9 Å². The summed E-state index contributed by atoms with van der Waals surface area (Å²) < 4.78 is 11.1. The highest BCUT2D eigenvalue weighted by Crippen LogP contribution is 2.72. The quantitative estimate of drug-likeness (QED) is 0.594. The lowest BCUT2D eigenvalue weighted by Gasteiger charge is -2.70. The Kier molecular flexibility index (Phi) is 3.14. The lowest BCUT2D eigenvalue weighted by atomic mass is 9.36. The number of aliphatic hydroxyl groups is 1. The van der Waals surface area contributed by atoms with Crippen molar-refractivity contribution in [1.29, 1.82) is 0 Å². The van der Waals surface area contributed by atoms with Crippen molar-refractivity contribution < 1.29 is 14.6 Å². The van der Waals surface area contributed by atoms with E-state index >= 15 is 0 Å². The third-order valence-corrected chi connectivity index (χ3v) is 4.27. The fourth-order valence-corrected chi connectivity index (χ4v) is 3.60. The zero-order valence-corrected chi connectivity index (χ0v) is 10.6. The van der Waals surface area contributed by atoms with Crippen LogP contribution in [0.1, 0.15) is 24.8 Å². The van der Waals surface area contributed by atoms with Gasteiger partial charge in [0.05, 0.1) is 13.2 Å². The zero-order valence-electron chi connectivity index (χ0n) is 10.6. The number of rotatable bonds is 7. The van der Waals surface area contributed by atoms with Gasteiger partial charge in [0.1, 0.15) is 6.79 Å². The first-order valence-corrected chi connectivity index (χ1v) is 6.56. The molecule has 0 unspecified atom stereocenters. The number of benzene rings is 1. The first-order valence-electron chi connectivity index (χ1n) is 6.56. The molecule has 3 fully saturated rings. The van der Waals surface area contributed by atoms with Gasteiger partial charge in [0, 0.05) is 6.61 Å². The minimum Gasteiger partial charge on any atom is -0.396 e. The second-order valence-electron chi connectivity index (χ2n) is 5.99. The molecule has 3 aliphatic rings. The highest BCUT2D eigenvalue weighted by atomic mass is 16.7. The van der Waals surface area contributed by atoms with E-state index in [0.29, 0.717) is 25.4 Å². The van der Waals surface area contributed by atoms with Gasteiger partial charge < -0.3 is 14.6 Å². The first kappa shape index (κ1) is 12.2. The van der Waals surface area contributed by atoms with Crippen molar-refractivity contribution in [3.8, 4) is 0 Å². The molecule has 1 aromatic carbocycles. The zero-order chi connectivity index (χ0) is 12.5. The number of hydrogen-bond acceptors (Lipinski definition) is 3. The van der Waals surface area contributed by atoms with E-state index in [2.05, 4.69) is 0 Å². The van der Waals surface area contributed by atoms with Gasteiger partial charge in [-0.3, -0.25) is 0 Å². The highest BCUT2D eigenvalue weighted by molar-refractivity contribution is 5.16. The summed E-state index contributed by atoms with van der Waals surface area (Å²) in [6, 6.07) is 10.1. The van der Waals surface area contributed by atoms with Crippen molar-refractivity contribution in [1.82, 2.24) is 0 Å². The molecule has 0 aliphatic heterocycles. The molecule has 0 radical (unpaired) electrons. The van der Waals surface area contributed by atoms with E-state index in [0.717, 1.165) is 25.9 Å². The molecule has 3 aliphatic carbocycles. The van der Waals surface area contributed by atoms with E-state index in [1.807, 2.05) is 30.3 Å². The predicted molar refractivity (Wildman–Crippen MR) is 67.9 cm³/mol. The second-order valence-corrected chi connectivity index (χ2v) is 5.99. The van der Waals surface area contributed by atoms with Gasteiger partial charge in [-0.2, -0.15) is 0 Å². The topological polar surface area (TPSA) is 38.7 Å². The maximum absolute atomic E-state index is 9.17. The fourth-order valence-electron chi connectivity index (χ4n) is 3.60. The second kappa shape index (κ2) is 4.65. The predicted octanol–water partition coefficient (Wildman–Crippen LogP) is 2.34. The van der Waals surface area contributed by atoms with Crippen LogP contribution < -0.4 is 0 Å². The molecule has 2 bridgehead atoms. The molecule has 18 heavy (non-hydrogen) atoms. The van der Waals surface area contributed by atoms with Crippen LogP contribution in [-0.4, -0.2) is 25.1 Å². The Balaban J connectivity index is 1.29. The van der Waals surface area contributed by atoms with E-state index in [9.17, 15) is 0 Å². The number of aliphatic hydroxyl groups excluding tert-OH is 1. The molecule has 0 amide bonds. The van der Waals surface area contributed by atoms with Crippen LogP contribution in [0.15, 0.2) is 30.3 Å². The van der Waals surface area contributed by atoms with Gasteiger partial charge in [0.15, 0.2) is 0 Å². The lowest BCUT2D eigenvalue weighted by Crippen LogP contribution is -2.65. The Hall–Kier alpha value is -0.900. The Labute approximate surface area is 108 Å². The van der Waals surface area contributed by atoms with Crippen molar-refractivity contribution in [2.75, 3.05) is 20.0 Å². The molecule has 1 N–H and O–H groups in total. The van der Waals surface area contributed by atoms with Crippen LogP contribution in [0.3, 0.4) is 0 Å². The van der Waals surface area contributed by atoms with Gasteiger partial charge in [-0.1, -0.05) is 30.3 Å². The van der Waals surface area contributed by atoms with Crippen LogP contribution in [0.2, 0.25) is 0 Å². The van der Waals surface area contributed by atoms with Gasteiger partial charge in [-0.25, -0.2) is 0 Å². The van der Waals surface area contributed by atoms with Crippen molar-refractivity contribution in [3.63, 3.8) is 0 Å². The Morgan fingerprint density at radius 1 is 1.00 bits per heavy atom. The maximum atomic E-state index is 9.17. The fraction of sp³-hybridized carbons (Fsp3) is 0.600. The molecule has 3 nitrogen and oxygen atoms in total. The van der Waals surface area contributed by atoms with Gasteiger partial charge in [-0.15, -0.1) is 0 Å². The van der Waals surface area contributed by atoms with E-state index in [4.69, 9.17) is 14.6 Å². The van der Waals surface area contributed by atoms with E-state index < -0.39 is 0 Å². The molecule has 1 aromatic rings. The minimum absolute atomic E-state index is 0.272. The van der Waals surface area contributed by atoms with Crippen LogP contribution in [0.4, 0.5) is 0 Å². The average molecular weight is 248 g/mol. The van der Waals surface area contributed by atoms with Crippen molar-refractivity contribution in [2.24, 2.45) is 10.8 Å². The Bertz CT molecular complexity index is 382. The summed E-state index contributed by atoms with van der Waals surface area (Å²) in [5.41, 5.74) is 1.82. The molecule has 0 saturated heterocycles. The van der Waals surface area contributed by atoms with Gasteiger partial charge in [0.25, 0.3) is 0 Å². The summed E-state index contributed by atoms with van der Waals surface area (Å²) in [7, 11) is 0. The van der Waals surface area contributed by atoms with Crippen LogP contribution in [0.5, 0.6) is 0 Å². The van der Waals surface area contributed by atoms with Crippen LogP contribution in [0, 0.1) is 10.8 Å². The summed E-state index contributed by atoms with van der Waals surface area (Å²) in [6.45, 7) is 2.10. The van der Waals surface area contributed by atoms with Gasteiger partial charge in [0.2, 0.25) is 0 Å². The lowest BCUT2D eigenvalue weighted by molar-refractivity contribution is -0.256. The first-order chi connectivity index (χ1) is 8.76.